The van der Waals surface area contributed by atoms with Gasteiger partial charge in [0.25, 0.3) is 5.89 Å². The van der Waals surface area contributed by atoms with E-state index >= 15 is 0 Å². The molecule has 3 rings (SSSR count). The molecule has 23 heavy (non-hydrogen) atoms. The molecule has 1 aromatic carbocycles. The first-order chi connectivity index (χ1) is 11.2. The third-order valence-corrected chi connectivity index (χ3v) is 3.62. The Bertz CT molecular complexity index is 785. The van der Waals surface area contributed by atoms with E-state index < -0.39 is 0 Å². The van der Waals surface area contributed by atoms with Crippen molar-refractivity contribution in [1.29, 1.82) is 0 Å². The van der Waals surface area contributed by atoms with E-state index in [0.29, 0.717) is 5.69 Å². The van der Waals surface area contributed by atoms with Crippen LogP contribution in [0.15, 0.2) is 40.1 Å². The summed E-state index contributed by atoms with van der Waals surface area (Å²) in [5, 5.41) is 12.9. The second-order valence-corrected chi connectivity index (χ2v) is 5.69. The molecule has 0 saturated carbocycles. The minimum Gasteiger partial charge on any atom is -0.493 e. The minimum absolute atomic E-state index is 0.0513. The van der Waals surface area contributed by atoms with Crippen LogP contribution in [0.25, 0.3) is 11.6 Å². The Balaban J connectivity index is 1.49. The third kappa shape index (κ3) is 4.13. The second-order valence-electron chi connectivity index (χ2n) is 4.62. The molecule has 2 heterocycles. The van der Waals surface area contributed by atoms with E-state index in [0.717, 1.165) is 10.8 Å². The van der Waals surface area contributed by atoms with Crippen LogP contribution in [-0.4, -0.2) is 27.7 Å². The number of nitrogens with one attached hydrogen (secondary N) is 1. The van der Waals surface area contributed by atoms with Crippen molar-refractivity contribution in [2.75, 3.05) is 11.9 Å². The van der Waals surface area contributed by atoms with Crippen molar-refractivity contribution in [3.63, 3.8) is 0 Å². The molecule has 0 bridgehead atoms. The molecule has 1 amide bonds. The molecule has 0 spiro atoms. The number of anilines is 1. The standard InChI is InChI=1S/C15H14N4O3S/c1-10-16-12(9-23-10)14-18-19-15(22-14)17-13(20)7-8-21-11-5-3-2-4-6-11/h2-6,9H,7-8H2,1H3,(H,17,19,20). The lowest BCUT2D eigenvalue weighted by molar-refractivity contribution is -0.116. The van der Waals surface area contributed by atoms with Gasteiger partial charge in [-0.25, -0.2) is 4.98 Å². The fourth-order valence-electron chi connectivity index (χ4n) is 1.80. The van der Waals surface area contributed by atoms with Crippen molar-refractivity contribution < 1.29 is 13.9 Å². The molecule has 0 aliphatic rings. The van der Waals surface area contributed by atoms with Crippen LogP contribution in [0.4, 0.5) is 6.01 Å². The highest BCUT2D eigenvalue weighted by Crippen LogP contribution is 2.21. The van der Waals surface area contributed by atoms with E-state index in [4.69, 9.17) is 9.15 Å². The van der Waals surface area contributed by atoms with Crippen LogP contribution >= 0.6 is 11.3 Å². The highest BCUT2D eigenvalue weighted by molar-refractivity contribution is 7.09. The largest absolute Gasteiger partial charge is 0.493 e. The molecule has 0 aliphatic carbocycles. The van der Waals surface area contributed by atoms with E-state index in [-0.39, 0.29) is 30.8 Å². The third-order valence-electron chi connectivity index (χ3n) is 2.85. The number of benzene rings is 1. The molecule has 0 unspecified atom stereocenters. The zero-order chi connectivity index (χ0) is 16.1. The van der Waals surface area contributed by atoms with E-state index in [1.54, 1.807) is 0 Å². The van der Waals surface area contributed by atoms with Crippen LogP contribution in [-0.2, 0) is 4.79 Å². The number of amides is 1. The fourth-order valence-corrected chi connectivity index (χ4v) is 2.39. The number of hydrogen-bond donors (Lipinski definition) is 1. The van der Waals surface area contributed by atoms with E-state index in [1.807, 2.05) is 42.6 Å². The quantitative estimate of drug-likeness (QED) is 0.747. The summed E-state index contributed by atoms with van der Waals surface area (Å²) in [6.45, 7) is 2.15. The first kappa shape index (κ1) is 15.2. The van der Waals surface area contributed by atoms with Crippen LogP contribution < -0.4 is 10.1 Å². The number of nitrogens with zero attached hydrogens (tertiary/aromatic N) is 3. The number of carbonyl (C=O) groups is 1. The Labute approximate surface area is 136 Å². The van der Waals surface area contributed by atoms with Crippen LogP contribution in [0.3, 0.4) is 0 Å². The highest BCUT2D eigenvalue weighted by Gasteiger charge is 2.13. The van der Waals surface area contributed by atoms with Crippen LogP contribution in [0.1, 0.15) is 11.4 Å². The first-order valence-electron chi connectivity index (χ1n) is 6.94. The topological polar surface area (TPSA) is 90.1 Å². The fraction of sp³-hybridized carbons (Fsp3) is 0.200. The average Bonchev–Trinajstić information content (AvgIpc) is 3.17. The van der Waals surface area contributed by atoms with Crippen LogP contribution in [0.5, 0.6) is 5.75 Å². The van der Waals surface area contributed by atoms with Gasteiger partial charge in [-0.3, -0.25) is 10.1 Å². The smallest absolute Gasteiger partial charge is 0.322 e. The van der Waals surface area contributed by atoms with Gasteiger partial charge in [-0.15, -0.1) is 16.4 Å². The number of carbonyl (C=O) groups excluding carboxylic acids is 1. The molecule has 118 valence electrons. The summed E-state index contributed by atoms with van der Waals surface area (Å²) in [5.41, 5.74) is 0.605. The Kier molecular flexibility index (Phi) is 4.62. The number of para-hydroxylation sites is 1. The van der Waals surface area contributed by atoms with Gasteiger partial charge < -0.3 is 9.15 Å². The maximum Gasteiger partial charge on any atom is 0.322 e. The van der Waals surface area contributed by atoms with Gasteiger partial charge in [-0.05, 0) is 19.1 Å². The minimum atomic E-state index is -0.259. The molecular formula is C15H14N4O3S. The van der Waals surface area contributed by atoms with Crippen LogP contribution in [0, 0.1) is 6.92 Å². The Morgan fingerprint density at radius 2 is 2.13 bits per heavy atom. The summed E-state index contributed by atoms with van der Waals surface area (Å²) < 4.78 is 10.8. The van der Waals surface area contributed by atoms with Gasteiger partial charge in [0.2, 0.25) is 5.91 Å². The molecule has 0 aliphatic heterocycles. The SMILES string of the molecule is Cc1nc(-c2nnc(NC(=O)CCOc3ccccc3)o2)cs1. The first-order valence-corrected chi connectivity index (χ1v) is 7.82. The predicted octanol–water partition coefficient (Wildman–Crippen LogP) is 2.91. The van der Waals surface area contributed by atoms with Crippen molar-refractivity contribution in [2.24, 2.45) is 0 Å². The van der Waals surface area contributed by atoms with Crippen molar-refractivity contribution >= 4 is 23.3 Å². The predicted molar refractivity (Wildman–Crippen MR) is 85.3 cm³/mol. The molecule has 0 saturated heterocycles. The molecule has 3 aromatic rings. The Hall–Kier alpha value is -2.74. The number of thiazole rings is 1. The maximum atomic E-state index is 11.8. The molecule has 0 fully saturated rings. The van der Waals surface area contributed by atoms with E-state index in [2.05, 4.69) is 20.5 Å². The van der Waals surface area contributed by atoms with Gasteiger partial charge in [-0.1, -0.05) is 23.3 Å². The lowest BCUT2D eigenvalue weighted by Gasteiger charge is -2.04. The van der Waals surface area contributed by atoms with Crippen molar-refractivity contribution in [1.82, 2.24) is 15.2 Å². The van der Waals surface area contributed by atoms with Gasteiger partial charge >= 0.3 is 6.01 Å². The molecule has 0 radical (unpaired) electrons. The second kappa shape index (κ2) is 7.01. The number of rotatable bonds is 6. The van der Waals surface area contributed by atoms with E-state index in [1.165, 1.54) is 11.3 Å². The van der Waals surface area contributed by atoms with Crippen molar-refractivity contribution in [3.05, 3.63) is 40.7 Å². The molecular weight excluding hydrogens is 316 g/mol. The molecule has 0 atom stereocenters. The summed E-state index contributed by atoms with van der Waals surface area (Å²) >= 11 is 1.49. The molecule has 8 heteroatoms. The Morgan fingerprint density at radius 3 is 2.87 bits per heavy atom. The maximum absolute atomic E-state index is 11.8. The zero-order valence-corrected chi connectivity index (χ0v) is 13.2. The van der Waals surface area contributed by atoms with Gasteiger partial charge in [0, 0.05) is 5.38 Å². The summed E-state index contributed by atoms with van der Waals surface area (Å²) in [4.78, 5) is 16.1. The Morgan fingerprint density at radius 1 is 1.30 bits per heavy atom. The average molecular weight is 330 g/mol. The molecule has 7 nitrogen and oxygen atoms in total. The van der Waals surface area contributed by atoms with Gasteiger partial charge in [0.1, 0.15) is 11.4 Å². The van der Waals surface area contributed by atoms with Crippen molar-refractivity contribution in [2.45, 2.75) is 13.3 Å². The summed E-state index contributed by atoms with van der Waals surface area (Å²) in [6, 6.07) is 9.35. The number of aryl methyl sites for hydroxylation is 1. The number of ether oxygens (including phenoxy) is 1. The molecule has 1 N–H and O–H groups in total. The monoisotopic (exact) mass is 330 g/mol. The van der Waals surface area contributed by atoms with Gasteiger partial charge in [0.05, 0.1) is 18.0 Å². The summed E-state index contributed by atoms with van der Waals surface area (Å²) in [5.74, 6) is 0.745. The van der Waals surface area contributed by atoms with Gasteiger partial charge in [-0.2, -0.15) is 0 Å². The number of hydrogen-bond acceptors (Lipinski definition) is 7. The number of aromatic nitrogens is 3. The summed E-state index contributed by atoms with van der Waals surface area (Å²) in [7, 11) is 0. The summed E-state index contributed by atoms with van der Waals surface area (Å²) in [6.07, 6.45) is 0.183. The normalized spacial score (nSPS) is 10.5. The zero-order valence-electron chi connectivity index (χ0n) is 12.4. The van der Waals surface area contributed by atoms with Gasteiger partial charge in [0.15, 0.2) is 0 Å². The van der Waals surface area contributed by atoms with E-state index in [9.17, 15) is 4.79 Å². The molecule has 2 aromatic heterocycles. The van der Waals surface area contributed by atoms with Crippen LogP contribution in [0.2, 0.25) is 0 Å². The van der Waals surface area contributed by atoms with Crippen molar-refractivity contribution in [3.8, 4) is 17.3 Å². The lowest BCUT2D eigenvalue weighted by atomic mass is 10.3. The highest BCUT2D eigenvalue weighted by atomic mass is 32.1. The lowest BCUT2D eigenvalue weighted by Crippen LogP contribution is -2.15.